The average Bonchev–Trinajstić information content (AvgIpc) is 2.48. The molecule has 0 radical (unpaired) electrons. The predicted molar refractivity (Wildman–Crippen MR) is 75.4 cm³/mol. The number of benzene rings is 1. The van der Waals surface area contributed by atoms with Gasteiger partial charge in [-0.15, -0.1) is 0 Å². The number of hydrogen-bond donors (Lipinski definition) is 1. The Morgan fingerprint density at radius 1 is 1.15 bits per heavy atom. The van der Waals surface area contributed by atoms with Crippen molar-refractivity contribution < 1.29 is 18.6 Å². The summed E-state index contributed by atoms with van der Waals surface area (Å²) in [7, 11) is 4.54. The first-order chi connectivity index (χ1) is 9.71. The molecular formula is C15H22FNO3. The summed E-state index contributed by atoms with van der Waals surface area (Å²) in [5.74, 6) is 0.778. The standard InChI is InChI=1S/C15H22FNO3/c1-18-13-9-12(16)14(19-2)11(15(13)20-3)8-10-6-4-5-7-17-10/h9-10,17H,4-8H2,1-3H3. The minimum absolute atomic E-state index is 0.245. The van der Waals surface area contributed by atoms with Crippen LogP contribution in [0.3, 0.4) is 0 Å². The molecule has 1 saturated heterocycles. The number of nitrogens with one attached hydrogen (secondary N) is 1. The number of halogens is 1. The second-order valence-electron chi connectivity index (χ2n) is 4.96. The lowest BCUT2D eigenvalue weighted by Gasteiger charge is -2.25. The molecule has 20 heavy (non-hydrogen) atoms. The van der Waals surface area contributed by atoms with Gasteiger partial charge in [-0.2, -0.15) is 0 Å². The van der Waals surface area contributed by atoms with Gasteiger partial charge in [-0.05, 0) is 25.8 Å². The zero-order valence-electron chi connectivity index (χ0n) is 12.3. The first-order valence-electron chi connectivity index (χ1n) is 6.92. The molecule has 1 fully saturated rings. The van der Waals surface area contributed by atoms with Gasteiger partial charge in [-0.25, -0.2) is 4.39 Å². The predicted octanol–water partition coefficient (Wildman–Crippen LogP) is 2.54. The van der Waals surface area contributed by atoms with E-state index in [0.717, 1.165) is 18.5 Å². The van der Waals surface area contributed by atoms with E-state index in [9.17, 15) is 4.39 Å². The van der Waals surface area contributed by atoms with Crippen LogP contribution < -0.4 is 19.5 Å². The summed E-state index contributed by atoms with van der Waals surface area (Å²) in [5.41, 5.74) is 0.728. The molecule has 0 amide bonds. The van der Waals surface area contributed by atoms with E-state index in [1.54, 1.807) is 7.11 Å². The fourth-order valence-corrected chi connectivity index (χ4v) is 2.77. The highest BCUT2D eigenvalue weighted by molar-refractivity contribution is 5.55. The van der Waals surface area contributed by atoms with Gasteiger partial charge in [0.25, 0.3) is 0 Å². The summed E-state index contributed by atoms with van der Waals surface area (Å²) >= 11 is 0. The van der Waals surface area contributed by atoms with E-state index in [1.807, 2.05) is 0 Å². The lowest BCUT2D eigenvalue weighted by Crippen LogP contribution is -2.35. The van der Waals surface area contributed by atoms with Crippen molar-refractivity contribution in [2.75, 3.05) is 27.9 Å². The van der Waals surface area contributed by atoms with Crippen LogP contribution in [-0.4, -0.2) is 33.9 Å². The summed E-state index contributed by atoms with van der Waals surface area (Å²) in [4.78, 5) is 0. The Hall–Kier alpha value is -1.49. The topological polar surface area (TPSA) is 39.7 Å². The summed E-state index contributed by atoms with van der Waals surface area (Å²) in [5, 5.41) is 3.45. The highest BCUT2D eigenvalue weighted by Crippen LogP contribution is 2.40. The van der Waals surface area contributed by atoms with Crippen LogP contribution in [0.2, 0.25) is 0 Å². The molecule has 2 rings (SSSR count). The Morgan fingerprint density at radius 3 is 2.45 bits per heavy atom. The quantitative estimate of drug-likeness (QED) is 0.901. The van der Waals surface area contributed by atoms with Crippen LogP contribution in [0, 0.1) is 5.82 Å². The maximum atomic E-state index is 14.1. The molecule has 4 nitrogen and oxygen atoms in total. The molecule has 0 aliphatic carbocycles. The van der Waals surface area contributed by atoms with Gasteiger partial charge in [0.1, 0.15) is 0 Å². The molecule has 1 aliphatic heterocycles. The van der Waals surface area contributed by atoms with E-state index in [2.05, 4.69) is 5.32 Å². The van der Waals surface area contributed by atoms with Crippen LogP contribution in [0.5, 0.6) is 17.2 Å². The van der Waals surface area contributed by atoms with E-state index < -0.39 is 5.82 Å². The summed E-state index contributed by atoms with van der Waals surface area (Å²) in [6.45, 7) is 1.00. The second kappa shape index (κ2) is 6.79. The monoisotopic (exact) mass is 283 g/mol. The highest BCUT2D eigenvalue weighted by atomic mass is 19.1. The van der Waals surface area contributed by atoms with Crippen molar-refractivity contribution in [1.82, 2.24) is 5.32 Å². The third-order valence-corrected chi connectivity index (χ3v) is 3.74. The van der Waals surface area contributed by atoms with Gasteiger partial charge in [-0.3, -0.25) is 0 Å². The summed E-state index contributed by atoms with van der Waals surface area (Å²) in [6.07, 6.45) is 4.12. The van der Waals surface area contributed by atoms with Crippen molar-refractivity contribution in [2.24, 2.45) is 0 Å². The fraction of sp³-hybridized carbons (Fsp3) is 0.600. The number of piperidine rings is 1. The van der Waals surface area contributed by atoms with Crippen LogP contribution in [0.15, 0.2) is 6.07 Å². The minimum atomic E-state index is -0.420. The molecule has 1 aromatic carbocycles. The van der Waals surface area contributed by atoms with Crippen molar-refractivity contribution in [3.63, 3.8) is 0 Å². The lowest BCUT2D eigenvalue weighted by molar-refractivity contribution is 0.325. The molecule has 1 aliphatic rings. The Kier molecular flexibility index (Phi) is 5.06. The molecule has 1 heterocycles. The van der Waals surface area contributed by atoms with E-state index in [1.165, 1.54) is 33.1 Å². The van der Waals surface area contributed by atoms with E-state index in [0.29, 0.717) is 24.0 Å². The van der Waals surface area contributed by atoms with Crippen LogP contribution in [0.1, 0.15) is 24.8 Å². The van der Waals surface area contributed by atoms with Crippen LogP contribution in [0.4, 0.5) is 4.39 Å². The Balaban J connectivity index is 2.38. The Labute approximate surface area is 119 Å². The van der Waals surface area contributed by atoms with E-state index >= 15 is 0 Å². The van der Waals surface area contributed by atoms with Crippen LogP contribution >= 0.6 is 0 Å². The molecule has 0 saturated carbocycles. The second-order valence-corrected chi connectivity index (χ2v) is 4.96. The molecule has 5 heteroatoms. The minimum Gasteiger partial charge on any atom is -0.493 e. The number of methoxy groups -OCH3 is 3. The molecular weight excluding hydrogens is 261 g/mol. The molecule has 1 unspecified atom stereocenters. The van der Waals surface area contributed by atoms with Crippen molar-refractivity contribution in [2.45, 2.75) is 31.7 Å². The SMILES string of the molecule is COc1cc(F)c(OC)c(CC2CCCCN2)c1OC. The highest BCUT2D eigenvalue weighted by Gasteiger charge is 2.24. The molecule has 0 bridgehead atoms. The largest absolute Gasteiger partial charge is 0.493 e. The van der Waals surface area contributed by atoms with E-state index in [-0.39, 0.29) is 5.75 Å². The van der Waals surface area contributed by atoms with E-state index in [4.69, 9.17) is 14.2 Å². The Bertz CT molecular complexity index is 459. The summed E-state index contributed by atoms with van der Waals surface area (Å²) in [6, 6.07) is 1.62. The summed E-state index contributed by atoms with van der Waals surface area (Å²) < 4.78 is 29.9. The third kappa shape index (κ3) is 2.98. The van der Waals surface area contributed by atoms with Gasteiger partial charge in [0.2, 0.25) is 0 Å². The fourth-order valence-electron chi connectivity index (χ4n) is 2.77. The number of hydrogen-bond acceptors (Lipinski definition) is 4. The first kappa shape index (κ1) is 14.9. The first-order valence-corrected chi connectivity index (χ1v) is 6.92. The molecule has 0 spiro atoms. The maximum absolute atomic E-state index is 14.1. The van der Waals surface area contributed by atoms with Gasteiger partial charge in [0.15, 0.2) is 23.1 Å². The molecule has 1 aromatic rings. The molecule has 1 atom stereocenters. The lowest BCUT2D eigenvalue weighted by atomic mass is 9.96. The van der Waals surface area contributed by atoms with Gasteiger partial charge in [0, 0.05) is 17.7 Å². The van der Waals surface area contributed by atoms with Crippen molar-refractivity contribution in [3.8, 4) is 17.2 Å². The van der Waals surface area contributed by atoms with Crippen LogP contribution in [0.25, 0.3) is 0 Å². The molecule has 112 valence electrons. The van der Waals surface area contributed by atoms with Gasteiger partial charge in [0.05, 0.1) is 21.3 Å². The van der Waals surface area contributed by atoms with Gasteiger partial charge in [-0.1, -0.05) is 6.42 Å². The molecule has 0 aromatic heterocycles. The van der Waals surface area contributed by atoms with Crippen LogP contribution in [-0.2, 0) is 6.42 Å². The molecule has 1 N–H and O–H groups in total. The Morgan fingerprint density at radius 2 is 1.90 bits per heavy atom. The van der Waals surface area contributed by atoms with Gasteiger partial charge < -0.3 is 19.5 Å². The zero-order chi connectivity index (χ0) is 14.5. The number of rotatable bonds is 5. The van der Waals surface area contributed by atoms with Gasteiger partial charge >= 0.3 is 0 Å². The average molecular weight is 283 g/mol. The maximum Gasteiger partial charge on any atom is 0.169 e. The van der Waals surface area contributed by atoms with Crippen molar-refractivity contribution in [3.05, 3.63) is 17.4 Å². The third-order valence-electron chi connectivity index (χ3n) is 3.74. The smallest absolute Gasteiger partial charge is 0.169 e. The van der Waals surface area contributed by atoms with Crippen molar-refractivity contribution >= 4 is 0 Å². The van der Waals surface area contributed by atoms with Crippen molar-refractivity contribution in [1.29, 1.82) is 0 Å². The zero-order valence-corrected chi connectivity index (χ0v) is 12.3. The normalized spacial score (nSPS) is 18.7. The number of ether oxygens (including phenoxy) is 3.